The van der Waals surface area contributed by atoms with Crippen LogP contribution in [0.5, 0.6) is 0 Å². The highest BCUT2D eigenvalue weighted by Gasteiger charge is 2.41. The lowest BCUT2D eigenvalue weighted by atomic mass is 9.96. The van der Waals surface area contributed by atoms with E-state index < -0.39 is 0 Å². The number of nitrogens with zero attached hydrogens (tertiary/aromatic N) is 2. The molecule has 28 heavy (non-hydrogen) atoms. The fourth-order valence-electron chi connectivity index (χ4n) is 3.90. The number of nitrogens with one attached hydrogen (secondary N) is 2. The Bertz CT molecular complexity index is 865. The Balaban J connectivity index is 0.00000225. The SMILES string of the molecule is CN=C(NCc1ccc(Cn2ccccc2=O)cc1)NC1CC2CCC1O2.I. The largest absolute Gasteiger partial charge is 0.373 e. The average molecular weight is 494 g/mol. The minimum Gasteiger partial charge on any atom is -0.373 e. The van der Waals surface area contributed by atoms with Crippen molar-refractivity contribution in [3.8, 4) is 0 Å². The van der Waals surface area contributed by atoms with Crippen molar-refractivity contribution in [3.63, 3.8) is 0 Å². The van der Waals surface area contributed by atoms with Gasteiger partial charge in [0.1, 0.15) is 0 Å². The smallest absolute Gasteiger partial charge is 0.250 e. The topological polar surface area (TPSA) is 67.7 Å². The van der Waals surface area contributed by atoms with E-state index in [4.69, 9.17) is 4.74 Å². The highest BCUT2D eigenvalue weighted by Crippen LogP contribution is 2.34. The van der Waals surface area contributed by atoms with E-state index >= 15 is 0 Å². The third-order valence-corrected chi connectivity index (χ3v) is 5.39. The Hall–Kier alpha value is -1.87. The maximum atomic E-state index is 11.8. The number of benzene rings is 1. The lowest BCUT2D eigenvalue weighted by molar-refractivity contribution is 0.0992. The van der Waals surface area contributed by atoms with Gasteiger partial charge in [0.15, 0.2) is 5.96 Å². The summed E-state index contributed by atoms with van der Waals surface area (Å²) >= 11 is 0. The molecule has 0 saturated carbocycles. The summed E-state index contributed by atoms with van der Waals surface area (Å²) in [6.45, 7) is 1.29. The first-order valence-corrected chi connectivity index (χ1v) is 9.57. The van der Waals surface area contributed by atoms with Crippen molar-refractivity contribution in [2.24, 2.45) is 4.99 Å². The van der Waals surface area contributed by atoms with Gasteiger partial charge in [0, 0.05) is 25.9 Å². The number of rotatable bonds is 5. The predicted molar refractivity (Wildman–Crippen MR) is 121 cm³/mol. The van der Waals surface area contributed by atoms with Crippen molar-refractivity contribution in [1.82, 2.24) is 15.2 Å². The van der Waals surface area contributed by atoms with Gasteiger partial charge >= 0.3 is 0 Å². The average Bonchev–Trinajstić information content (AvgIpc) is 3.31. The van der Waals surface area contributed by atoms with Crippen LogP contribution in [0.3, 0.4) is 0 Å². The van der Waals surface area contributed by atoms with E-state index in [0.29, 0.717) is 31.3 Å². The molecule has 3 atom stereocenters. The first-order valence-electron chi connectivity index (χ1n) is 9.57. The third-order valence-electron chi connectivity index (χ3n) is 5.39. The number of fused-ring (bicyclic) bond motifs is 2. The second-order valence-corrected chi connectivity index (χ2v) is 7.27. The van der Waals surface area contributed by atoms with Crippen molar-refractivity contribution in [1.29, 1.82) is 0 Å². The predicted octanol–water partition coefficient (Wildman–Crippen LogP) is 2.50. The van der Waals surface area contributed by atoms with Gasteiger partial charge in [-0.1, -0.05) is 30.3 Å². The second-order valence-electron chi connectivity index (χ2n) is 7.27. The molecule has 1 aromatic carbocycles. The van der Waals surface area contributed by atoms with Crippen LogP contribution in [-0.4, -0.2) is 35.8 Å². The van der Waals surface area contributed by atoms with E-state index in [1.54, 1.807) is 23.7 Å². The quantitative estimate of drug-likeness (QED) is 0.381. The molecule has 4 rings (SSSR count). The van der Waals surface area contributed by atoms with E-state index in [2.05, 4.69) is 39.9 Å². The highest BCUT2D eigenvalue weighted by molar-refractivity contribution is 14.0. The fraction of sp³-hybridized carbons (Fsp3) is 0.429. The molecule has 2 bridgehead atoms. The molecule has 0 amide bonds. The lowest BCUT2D eigenvalue weighted by Gasteiger charge is -2.22. The zero-order chi connectivity index (χ0) is 18.6. The number of hydrogen-bond donors (Lipinski definition) is 2. The molecule has 2 fully saturated rings. The van der Waals surface area contributed by atoms with Gasteiger partial charge in [-0.2, -0.15) is 0 Å². The highest BCUT2D eigenvalue weighted by atomic mass is 127. The second kappa shape index (κ2) is 9.56. The molecular formula is C21H27IN4O2. The van der Waals surface area contributed by atoms with Crippen LogP contribution in [0.4, 0.5) is 0 Å². The van der Waals surface area contributed by atoms with Gasteiger partial charge in [-0.3, -0.25) is 9.79 Å². The number of aromatic nitrogens is 1. The first kappa shape index (κ1) is 20.9. The molecule has 2 aromatic rings. The molecule has 0 spiro atoms. The number of halogens is 1. The summed E-state index contributed by atoms with van der Waals surface area (Å²) in [5, 5.41) is 6.87. The summed E-state index contributed by atoms with van der Waals surface area (Å²) in [5.74, 6) is 0.816. The minimum atomic E-state index is 0. The van der Waals surface area contributed by atoms with E-state index in [-0.39, 0.29) is 29.5 Å². The van der Waals surface area contributed by atoms with Gasteiger partial charge in [0.05, 0.1) is 24.8 Å². The van der Waals surface area contributed by atoms with Crippen molar-refractivity contribution >= 4 is 29.9 Å². The standard InChI is InChI=1S/C21H26N4O2.HI/c1-22-21(24-18-12-17-9-10-19(18)27-17)23-13-15-5-7-16(8-6-15)14-25-11-3-2-4-20(25)26;/h2-8,11,17-19H,9-10,12-14H2,1H3,(H2,22,23,24);1H. The van der Waals surface area contributed by atoms with Gasteiger partial charge in [-0.15, -0.1) is 24.0 Å². The maximum Gasteiger partial charge on any atom is 0.250 e. The Kier molecular flexibility index (Phi) is 7.12. The third kappa shape index (κ3) is 4.94. The Morgan fingerprint density at radius 2 is 1.96 bits per heavy atom. The molecule has 6 nitrogen and oxygen atoms in total. The van der Waals surface area contributed by atoms with Crippen LogP contribution >= 0.6 is 24.0 Å². The Labute approximate surface area is 182 Å². The van der Waals surface area contributed by atoms with Gasteiger partial charge in [0.25, 0.3) is 5.56 Å². The molecule has 7 heteroatoms. The van der Waals surface area contributed by atoms with Crippen LogP contribution in [0.1, 0.15) is 30.4 Å². The van der Waals surface area contributed by atoms with E-state index in [1.165, 1.54) is 12.0 Å². The van der Waals surface area contributed by atoms with Crippen LogP contribution in [0, 0.1) is 0 Å². The van der Waals surface area contributed by atoms with Gasteiger partial charge in [-0.05, 0) is 36.5 Å². The molecule has 3 unspecified atom stereocenters. The normalized spacial score (nSPS) is 23.3. The molecule has 1 aromatic heterocycles. The Morgan fingerprint density at radius 3 is 2.61 bits per heavy atom. The van der Waals surface area contributed by atoms with Gasteiger partial charge < -0.3 is 19.9 Å². The van der Waals surface area contributed by atoms with Crippen LogP contribution in [-0.2, 0) is 17.8 Å². The van der Waals surface area contributed by atoms with Crippen molar-refractivity contribution < 1.29 is 4.74 Å². The zero-order valence-electron chi connectivity index (χ0n) is 16.0. The lowest BCUT2D eigenvalue weighted by Crippen LogP contribution is -2.47. The maximum absolute atomic E-state index is 11.8. The molecule has 0 aliphatic carbocycles. The summed E-state index contributed by atoms with van der Waals surface area (Å²) in [7, 11) is 1.80. The summed E-state index contributed by atoms with van der Waals surface area (Å²) in [4.78, 5) is 16.1. The number of aliphatic imine (C=N–C) groups is 1. The number of guanidine groups is 1. The van der Waals surface area contributed by atoms with Crippen LogP contribution < -0.4 is 16.2 Å². The molecule has 2 aliphatic rings. The van der Waals surface area contributed by atoms with E-state index in [9.17, 15) is 4.79 Å². The Morgan fingerprint density at radius 1 is 1.18 bits per heavy atom. The van der Waals surface area contributed by atoms with E-state index in [0.717, 1.165) is 24.4 Å². The van der Waals surface area contributed by atoms with Gasteiger partial charge in [-0.25, -0.2) is 0 Å². The van der Waals surface area contributed by atoms with Crippen molar-refractivity contribution in [2.45, 2.75) is 50.6 Å². The summed E-state index contributed by atoms with van der Waals surface area (Å²) in [6, 6.07) is 13.9. The minimum absolute atomic E-state index is 0. The fourth-order valence-corrected chi connectivity index (χ4v) is 3.90. The summed E-state index contributed by atoms with van der Waals surface area (Å²) in [5.41, 5.74) is 2.29. The molecule has 3 heterocycles. The zero-order valence-corrected chi connectivity index (χ0v) is 18.3. The molecule has 2 aliphatic heterocycles. The van der Waals surface area contributed by atoms with E-state index in [1.807, 2.05) is 12.3 Å². The summed E-state index contributed by atoms with van der Waals surface area (Å²) < 4.78 is 7.60. The van der Waals surface area contributed by atoms with Crippen LogP contribution in [0.15, 0.2) is 58.4 Å². The number of hydrogen-bond acceptors (Lipinski definition) is 3. The van der Waals surface area contributed by atoms with Crippen LogP contribution in [0.25, 0.3) is 0 Å². The molecule has 0 radical (unpaired) electrons. The van der Waals surface area contributed by atoms with Crippen LogP contribution in [0.2, 0.25) is 0 Å². The molecule has 2 N–H and O–H groups in total. The number of ether oxygens (including phenoxy) is 1. The van der Waals surface area contributed by atoms with Crippen molar-refractivity contribution in [3.05, 3.63) is 70.1 Å². The summed E-state index contributed by atoms with van der Waals surface area (Å²) in [6.07, 6.45) is 5.97. The number of pyridine rings is 1. The van der Waals surface area contributed by atoms with Gasteiger partial charge in [0.2, 0.25) is 0 Å². The van der Waals surface area contributed by atoms with Crippen molar-refractivity contribution in [2.75, 3.05) is 7.05 Å². The molecule has 150 valence electrons. The molecular weight excluding hydrogens is 467 g/mol. The molecule has 2 saturated heterocycles. The monoisotopic (exact) mass is 494 g/mol. The first-order chi connectivity index (χ1) is 13.2.